The molecule has 3 heteroatoms. The predicted octanol–water partition coefficient (Wildman–Crippen LogP) is 9.03. The first kappa shape index (κ1) is 33.6. The lowest BCUT2D eigenvalue weighted by molar-refractivity contribution is -0.0466. The standard InChI is InChI=1S/C33H65NO2/c1-7-10-13-17-31(34-23-11-8-2)22-20-27(5)32-24-26(4)19-21-30(29(9-3)25-28(32)6)16-14-12-15-18-33(35)36/h9,26-28,30-36H,7-8,10-25H2,1-6H3. The highest BCUT2D eigenvalue weighted by Crippen LogP contribution is 2.41. The molecule has 0 aromatic carbocycles. The summed E-state index contributed by atoms with van der Waals surface area (Å²) in [6.45, 7) is 15.7. The number of aliphatic hydroxyl groups is 2. The summed E-state index contributed by atoms with van der Waals surface area (Å²) in [4.78, 5) is 0. The SMILES string of the molecule is CC=C1CC(C)C(C(C)CCC(CCCCC)NCCCC)CC(C)CCC1CCCCCC(O)O. The number of hydrogen-bond donors (Lipinski definition) is 3. The molecule has 1 aliphatic rings. The molecule has 0 aliphatic heterocycles. The summed E-state index contributed by atoms with van der Waals surface area (Å²) in [5, 5.41) is 22.1. The molecule has 1 saturated carbocycles. The average Bonchev–Trinajstić information content (AvgIpc) is 2.90. The van der Waals surface area contributed by atoms with Gasteiger partial charge in [0.2, 0.25) is 0 Å². The molecule has 6 atom stereocenters. The van der Waals surface area contributed by atoms with E-state index in [4.69, 9.17) is 10.2 Å². The maximum atomic E-state index is 9.12. The van der Waals surface area contributed by atoms with Crippen molar-refractivity contribution in [2.75, 3.05) is 6.54 Å². The van der Waals surface area contributed by atoms with Gasteiger partial charge >= 0.3 is 0 Å². The molecular weight excluding hydrogens is 442 g/mol. The van der Waals surface area contributed by atoms with E-state index in [1.807, 2.05) is 0 Å². The normalized spacial score (nSPS) is 26.5. The molecule has 0 aromatic heterocycles. The van der Waals surface area contributed by atoms with Crippen LogP contribution in [0.4, 0.5) is 0 Å². The Morgan fingerprint density at radius 2 is 1.61 bits per heavy atom. The van der Waals surface area contributed by atoms with Gasteiger partial charge in [-0.25, -0.2) is 0 Å². The molecule has 0 amide bonds. The van der Waals surface area contributed by atoms with E-state index in [0.717, 1.165) is 42.4 Å². The molecule has 214 valence electrons. The Balaban J connectivity index is 2.71. The summed E-state index contributed by atoms with van der Waals surface area (Å²) >= 11 is 0. The van der Waals surface area contributed by atoms with Gasteiger partial charge in [0.05, 0.1) is 0 Å². The van der Waals surface area contributed by atoms with Crippen LogP contribution in [0.2, 0.25) is 0 Å². The monoisotopic (exact) mass is 508 g/mol. The van der Waals surface area contributed by atoms with Crippen molar-refractivity contribution in [2.45, 2.75) is 163 Å². The minimum atomic E-state index is -1.14. The first-order valence-electron chi connectivity index (χ1n) is 16.1. The van der Waals surface area contributed by atoms with Gasteiger partial charge < -0.3 is 15.5 Å². The second kappa shape index (κ2) is 20.6. The fourth-order valence-corrected chi connectivity index (χ4v) is 6.70. The van der Waals surface area contributed by atoms with Gasteiger partial charge in [0.15, 0.2) is 6.29 Å². The van der Waals surface area contributed by atoms with Gasteiger partial charge in [-0.3, -0.25) is 0 Å². The third-order valence-electron chi connectivity index (χ3n) is 9.20. The molecule has 0 saturated heterocycles. The molecule has 1 fully saturated rings. The summed E-state index contributed by atoms with van der Waals surface area (Å²) in [7, 11) is 0. The Bertz CT molecular complexity index is 536. The van der Waals surface area contributed by atoms with Gasteiger partial charge in [-0.15, -0.1) is 0 Å². The van der Waals surface area contributed by atoms with Crippen LogP contribution >= 0.6 is 0 Å². The second-order valence-corrected chi connectivity index (χ2v) is 12.5. The highest BCUT2D eigenvalue weighted by molar-refractivity contribution is 5.08. The Hall–Kier alpha value is -0.380. The minimum absolute atomic E-state index is 0.516. The van der Waals surface area contributed by atoms with Crippen LogP contribution < -0.4 is 5.32 Å². The molecule has 0 aromatic rings. The molecule has 3 nitrogen and oxygen atoms in total. The fourth-order valence-electron chi connectivity index (χ4n) is 6.70. The third-order valence-corrected chi connectivity index (χ3v) is 9.20. The van der Waals surface area contributed by atoms with Crippen LogP contribution in [-0.2, 0) is 0 Å². The number of aliphatic hydroxyl groups excluding tert-OH is 1. The maximum absolute atomic E-state index is 9.12. The zero-order valence-corrected chi connectivity index (χ0v) is 25.2. The van der Waals surface area contributed by atoms with Crippen LogP contribution in [0.3, 0.4) is 0 Å². The van der Waals surface area contributed by atoms with Crippen LogP contribution in [0, 0.1) is 29.6 Å². The van der Waals surface area contributed by atoms with Crippen molar-refractivity contribution < 1.29 is 10.2 Å². The summed E-state index contributed by atoms with van der Waals surface area (Å²) in [6.07, 6.45) is 22.4. The van der Waals surface area contributed by atoms with Gasteiger partial charge in [-0.05, 0) is 107 Å². The van der Waals surface area contributed by atoms with Crippen LogP contribution in [0.25, 0.3) is 0 Å². The average molecular weight is 508 g/mol. The smallest absolute Gasteiger partial charge is 0.151 e. The van der Waals surface area contributed by atoms with Gasteiger partial charge in [0.1, 0.15) is 0 Å². The number of unbranched alkanes of at least 4 members (excludes halogenated alkanes) is 5. The Labute approximate surface area is 226 Å². The maximum Gasteiger partial charge on any atom is 0.151 e. The van der Waals surface area contributed by atoms with E-state index in [1.165, 1.54) is 96.4 Å². The molecule has 0 radical (unpaired) electrons. The number of hydrogen-bond acceptors (Lipinski definition) is 3. The zero-order valence-electron chi connectivity index (χ0n) is 25.2. The molecular formula is C33H65NO2. The first-order valence-corrected chi connectivity index (χ1v) is 16.1. The highest BCUT2D eigenvalue weighted by atomic mass is 16.5. The zero-order chi connectivity index (χ0) is 26.8. The third kappa shape index (κ3) is 14.5. The van der Waals surface area contributed by atoms with Crippen molar-refractivity contribution in [3.63, 3.8) is 0 Å². The van der Waals surface area contributed by atoms with E-state index in [2.05, 4.69) is 52.9 Å². The molecule has 6 unspecified atom stereocenters. The minimum Gasteiger partial charge on any atom is -0.368 e. The number of allylic oxidation sites excluding steroid dienone is 2. The van der Waals surface area contributed by atoms with Gasteiger partial charge in [0, 0.05) is 6.04 Å². The fraction of sp³-hybridized carbons (Fsp3) is 0.939. The van der Waals surface area contributed by atoms with Crippen molar-refractivity contribution in [3.05, 3.63) is 11.6 Å². The van der Waals surface area contributed by atoms with E-state index in [9.17, 15) is 0 Å². The van der Waals surface area contributed by atoms with E-state index in [1.54, 1.807) is 5.57 Å². The Kier molecular flexibility index (Phi) is 19.2. The van der Waals surface area contributed by atoms with E-state index in [-0.39, 0.29) is 0 Å². The van der Waals surface area contributed by atoms with Crippen molar-refractivity contribution in [1.29, 1.82) is 0 Å². The molecule has 1 aliphatic carbocycles. The van der Waals surface area contributed by atoms with Crippen LogP contribution in [0.1, 0.15) is 151 Å². The van der Waals surface area contributed by atoms with E-state index >= 15 is 0 Å². The van der Waals surface area contributed by atoms with Gasteiger partial charge in [0.25, 0.3) is 0 Å². The quantitative estimate of drug-likeness (QED) is 0.0985. The molecule has 1 rings (SSSR count). The summed E-state index contributed by atoms with van der Waals surface area (Å²) in [5.74, 6) is 3.91. The molecule has 0 heterocycles. The topological polar surface area (TPSA) is 52.5 Å². The highest BCUT2D eigenvalue weighted by Gasteiger charge is 2.30. The van der Waals surface area contributed by atoms with Crippen molar-refractivity contribution >= 4 is 0 Å². The summed E-state index contributed by atoms with van der Waals surface area (Å²) < 4.78 is 0. The molecule has 3 N–H and O–H groups in total. The van der Waals surface area contributed by atoms with Crippen LogP contribution in [0.15, 0.2) is 11.6 Å². The van der Waals surface area contributed by atoms with Crippen molar-refractivity contribution in [3.8, 4) is 0 Å². The van der Waals surface area contributed by atoms with Gasteiger partial charge in [-0.1, -0.05) is 91.2 Å². The van der Waals surface area contributed by atoms with Crippen molar-refractivity contribution in [2.24, 2.45) is 29.6 Å². The van der Waals surface area contributed by atoms with Crippen LogP contribution in [-0.4, -0.2) is 29.1 Å². The van der Waals surface area contributed by atoms with Crippen molar-refractivity contribution in [1.82, 2.24) is 5.32 Å². The Morgan fingerprint density at radius 3 is 2.28 bits per heavy atom. The molecule has 0 spiro atoms. The molecule has 0 bridgehead atoms. The molecule has 36 heavy (non-hydrogen) atoms. The summed E-state index contributed by atoms with van der Waals surface area (Å²) in [6, 6.07) is 0.706. The van der Waals surface area contributed by atoms with E-state index < -0.39 is 6.29 Å². The lowest BCUT2D eigenvalue weighted by Gasteiger charge is -2.33. The number of rotatable bonds is 18. The van der Waals surface area contributed by atoms with Crippen LogP contribution in [0.5, 0.6) is 0 Å². The first-order chi connectivity index (χ1) is 17.3. The number of nitrogens with one attached hydrogen (secondary N) is 1. The largest absolute Gasteiger partial charge is 0.368 e. The second-order valence-electron chi connectivity index (χ2n) is 12.5. The Morgan fingerprint density at radius 1 is 0.889 bits per heavy atom. The lowest BCUT2D eigenvalue weighted by atomic mass is 9.73. The summed E-state index contributed by atoms with van der Waals surface area (Å²) in [5.41, 5.74) is 1.70. The van der Waals surface area contributed by atoms with E-state index in [0.29, 0.717) is 12.5 Å². The predicted molar refractivity (Wildman–Crippen MR) is 158 cm³/mol. The lowest BCUT2D eigenvalue weighted by Crippen LogP contribution is -2.31. The van der Waals surface area contributed by atoms with Gasteiger partial charge in [-0.2, -0.15) is 0 Å².